The standard InChI is InChI=1S/C7H16N2O5S/c1-8(6-5-7(10)13-3)15(11,12)9(2)14-4/h5-6H2,1-4H3. The van der Waals surface area contributed by atoms with Gasteiger partial charge in [-0.3, -0.25) is 9.63 Å². The second kappa shape index (κ2) is 6.01. The van der Waals surface area contributed by atoms with E-state index in [1.54, 1.807) is 0 Å². The highest BCUT2D eigenvalue weighted by Gasteiger charge is 2.23. The number of hydrogen-bond donors (Lipinski definition) is 0. The van der Waals surface area contributed by atoms with Crippen LogP contribution in [0, 0.1) is 0 Å². The molecule has 0 aromatic rings. The van der Waals surface area contributed by atoms with Crippen molar-refractivity contribution in [1.82, 2.24) is 8.77 Å². The topological polar surface area (TPSA) is 76.2 Å². The monoisotopic (exact) mass is 240 g/mol. The van der Waals surface area contributed by atoms with Gasteiger partial charge in [0.2, 0.25) is 0 Å². The zero-order valence-electron chi connectivity index (χ0n) is 9.26. The maximum absolute atomic E-state index is 11.5. The second-order valence-corrected chi connectivity index (χ2v) is 4.78. The van der Waals surface area contributed by atoms with E-state index in [1.807, 2.05) is 0 Å². The van der Waals surface area contributed by atoms with Gasteiger partial charge >= 0.3 is 16.2 Å². The smallest absolute Gasteiger partial charge is 0.306 e. The van der Waals surface area contributed by atoms with Gasteiger partial charge in [0, 0.05) is 20.6 Å². The Balaban J connectivity index is 4.32. The fourth-order valence-electron chi connectivity index (χ4n) is 0.757. The molecule has 0 saturated heterocycles. The van der Waals surface area contributed by atoms with Crippen molar-refractivity contribution < 1.29 is 22.8 Å². The van der Waals surface area contributed by atoms with Crippen LogP contribution < -0.4 is 0 Å². The van der Waals surface area contributed by atoms with Crippen LogP contribution in [0.25, 0.3) is 0 Å². The molecule has 0 aromatic heterocycles. The Morgan fingerprint density at radius 2 is 1.80 bits per heavy atom. The van der Waals surface area contributed by atoms with E-state index < -0.39 is 16.2 Å². The number of rotatable bonds is 6. The van der Waals surface area contributed by atoms with Crippen molar-refractivity contribution in [2.24, 2.45) is 0 Å². The minimum Gasteiger partial charge on any atom is -0.469 e. The Morgan fingerprint density at radius 3 is 2.20 bits per heavy atom. The van der Waals surface area contributed by atoms with Gasteiger partial charge in [0.05, 0.1) is 20.6 Å². The molecule has 0 bridgehead atoms. The predicted octanol–water partition coefficient (Wildman–Crippen LogP) is -0.781. The molecule has 15 heavy (non-hydrogen) atoms. The molecular formula is C7H16N2O5S. The first-order chi connectivity index (χ1) is 6.86. The van der Waals surface area contributed by atoms with E-state index in [4.69, 9.17) is 0 Å². The summed E-state index contributed by atoms with van der Waals surface area (Å²) < 4.78 is 29.2. The van der Waals surface area contributed by atoms with Crippen molar-refractivity contribution in [3.8, 4) is 0 Å². The molecule has 0 aromatic carbocycles. The van der Waals surface area contributed by atoms with Crippen LogP contribution in [0.3, 0.4) is 0 Å². The van der Waals surface area contributed by atoms with E-state index in [2.05, 4.69) is 9.57 Å². The number of hydroxylamine groups is 1. The maximum atomic E-state index is 11.5. The molecule has 8 heteroatoms. The first-order valence-corrected chi connectivity index (χ1v) is 5.57. The molecule has 0 N–H and O–H groups in total. The summed E-state index contributed by atoms with van der Waals surface area (Å²) in [5.41, 5.74) is 0. The van der Waals surface area contributed by atoms with Crippen LogP contribution >= 0.6 is 0 Å². The van der Waals surface area contributed by atoms with Crippen molar-refractivity contribution in [3.63, 3.8) is 0 Å². The zero-order valence-corrected chi connectivity index (χ0v) is 10.1. The van der Waals surface area contributed by atoms with Crippen LogP contribution in [0.4, 0.5) is 0 Å². The molecule has 0 aliphatic heterocycles. The maximum Gasteiger partial charge on any atom is 0.306 e. The summed E-state index contributed by atoms with van der Waals surface area (Å²) in [6, 6.07) is 0. The Labute approximate surface area is 89.7 Å². The van der Waals surface area contributed by atoms with Gasteiger partial charge < -0.3 is 4.74 Å². The van der Waals surface area contributed by atoms with E-state index in [0.29, 0.717) is 4.47 Å². The third-order valence-corrected chi connectivity index (χ3v) is 3.60. The van der Waals surface area contributed by atoms with E-state index in [0.717, 1.165) is 4.31 Å². The molecule has 0 unspecified atom stereocenters. The fourth-order valence-corrected chi connectivity index (χ4v) is 1.66. The van der Waals surface area contributed by atoms with Gasteiger partial charge in [0.1, 0.15) is 0 Å². The van der Waals surface area contributed by atoms with Gasteiger partial charge in [0.25, 0.3) is 0 Å². The van der Waals surface area contributed by atoms with Crippen molar-refractivity contribution >= 4 is 16.2 Å². The summed E-state index contributed by atoms with van der Waals surface area (Å²) >= 11 is 0. The first-order valence-electron chi connectivity index (χ1n) is 4.17. The summed E-state index contributed by atoms with van der Waals surface area (Å²) in [5.74, 6) is -0.461. The van der Waals surface area contributed by atoms with Crippen LogP contribution in [0.2, 0.25) is 0 Å². The second-order valence-electron chi connectivity index (χ2n) is 2.75. The third kappa shape index (κ3) is 4.12. The third-order valence-electron chi connectivity index (χ3n) is 1.83. The summed E-state index contributed by atoms with van der Waals surface area (Å²) in [6.45, 7) is 0.0444. The molecule has 0 aliphatic rings. The fraction of sp³-hybridized carbons (Fsp3) is 0.857. The number of esters is 1. The van der Waals surface area contributed by atoms with Crippen molar-refractivity contribution in [3.05, 3.63) is 0 Å². The largest absolute Gasteiger partial charge is 0.469 e. The lowest BCUT2D eigenvalue weighted by atomic mass is 10.4. The molecular weight excluding hydrogens is 224 g/mol. The number of hydrogen-bond acceptors (Lipinski definition) is 5. The van der Waals surface area contributed by atoms with Crippen LogP contribution in [0.1, 0.15) is 6.42 Å². The Hall–Kier alpha value is -0.700. The van der Waals surface area contributed by atoms with Crippen molar-refractivity contribution in [2.45, 2.75) is 6.42 Å². The lowest BCUT2D eigenvalue weighted by Gasteiger charge is -2.21. The summed E-state index contributed by atoms with van der Waals surface area (Å²) in [6.07, 6.45) is 0.00375. The molecule has 0 fully saturated rings. The van der Waals surface area contributed by atoms with E-state index in [1.165, 1.54) is 28.3 Å². The summed E-state index contributed by atoms with van der Waals surface area (Å²) in [4.78, 5) is 15.4. The number of carbonyl (C=O) groups excluding carboxylic acids is 1. The lowest BCUT2D eigenvalue weighted by molar-refractivity contribution is -0.140. The van der Waals surface area contributed by atoms with E-state index in [9.17, 15) is 13.2 Å². The number of carbonyl (C=O) groups is 1. The first kappa shape index (κ1) is 14.3. The number of methoxy groups -OCH3 is 1. The number of ether oxygens (including phenoxy) is 1. The molecule has 0 saturated carbocycles. The molecule has 0 rings (SSSR count). The average Bonchev–Trinajstić information content (AvgIpc) is 2.23. The van der Waals surface area contributed by atoms with Crippen LogP contribution in [0.15, 0.2) is 0 Å². The zero-order chi connectivity index (χ0) is 12.1. The van der Waals surface area contributed by atoms with Gasteiger partial charge in [0.15, 0.2) is 0 Å². The minimum absolute atomic E-state index is 0.00375. The van der Waals surface area contributed by atoms with Crippen LogP contribution in [-0.2, 0) is 24.6 Å². The molecule has 0 amide bonds. The highest BCUT2D eigenvalue weighted by molar-refractivity contribution is 7.86. The van der Waals surface area contributed by atoms with Gasteiger partial charge in [-0.25, -0.2) is 0 Å². The normalized spacial score (nSPS) is 12.1. The van der Waals surface area contributed by atoms with Gasteiger partial charge in [-0.15, -0.1) is 0 Å². The van der Waals surface area contributed by atoms with E-state index in [-0.39, 0.29) is 13.0 Å². The van der Waals surface area contributed by atoms with Gasteiger partial charge in [-0.1, -0.05) is 4.47 Å². The Morgan fingerprint density at radius 1 is 1.27 bits per heavy atom. The predicted molar refractivity (Wildman–Crippen MR) is 53.0 cm³/mol. The highest BCUT2D eigenvalue weighted by Crippen LogP contribution is 2.04. The summed E-state index contributed by atoms with van der Waals surface area (Å²) in [7, 11) is 1.46. The molecule has 0 spiro atoms. The molecule has 90 valence electrons. The molecule has 0 atom stereocenters. The van der Waals surface area contributed by atoms with E-state index >= 15 is 0 Å². The quantitative estimate of drug-likeness (QED) is 0.449. The minimum atomic E-state index is -3.66. The van der Waals surface area contributed by atoms with Gasteiger partial charge in [-0.05, 0) is 0 Å². The SMILES string of the molecule is COC(=O)CCN(C)S(=O)(=O)N(C)OC. The summed E-state index contributed by atoms with van der Waals surface area (Å²) in [5, 5.41) is 0. The van der Waals surface area contributed by atoms with Crippen molar-refractivity contribution in [1.29, 1.82) is 0 Å². The Kier molecular flexibility index (Phi) is 5.73. The van der Waals surface area contributed by atoms with Crippen LogP contribution in [-0.4, -0.2) is 58.0 Å². The molecule has 0 radical (unpaired) electrons. The molecule has 0 aliphatic carbocycles. The highest BCUT2D eigenvalue weighted by atomic mass is 32.2. The Bertz CT molecular complexity index is 303. The van der Waals surface area contributed by atoms with Crippen molar-refractivity contribution in [2.75, 3.05) is 34.9 Å². The number of nitrogens with zero attached hydrogens (tertiary/aromatic N) is 2. The molecule has 0 heterocycles. The average molecular weight is 240 g/mol. The molecule has 7 nitrogen and oxygen atoms in total. The van der Waals surface area contributed by atoms with Gasteiger partial charge in [-0.2, -0.15) is 12.7 Å². The van der Waals surface area contributed by atoms with Crippen LogP contribution in [0.5, 0.6) is 0 Å². The lowest BCUT2D eigenvalue weighted by Crippen LogP contribution is -2.39.